The van der Waals surface area contributed by atoms with Gasteiger partial charge in [-0.3, -0.25) is 4.68 Å². The first-order valence-corrected chi connectivity index (χ1v) is 7.27. The lowest BCUT2D eigenvalue weighted by Gasteiger charge is -2.11. The number of nitrogens with one attached hydrogen (secondary N) is 2. The highest BCUT2D eigenvalue weighted by Gasteiger charge is 2.06. The number of hydrogen-bond donors (Lipinski definition) is 2. The van der Waals surface area contributed by atoms with E-state index in [0.717, 1.165) is 5.56 Å². The van der Waals surface area contributed by atoms with E-state index in [9.17, 15) is 4.39 Å². The summed E-state index contributed by atoms with van der Waals surface area (Å²) in [5.74, 6) is 0.295. The van der Waals surface area contributed by atoms with E-state index < -0.39 is 0 Å². The molecule has 0 aliphatic heterocycles. The van der Waals surface area contributed by atoms with E-state index in [1.54, 1.807) is 16.9 Å². The molecule has 7 heteroatoms. The third-order valence-electron chi connectivity index (χ3n) is 2.65. The average Bonchev–Trinajstić information content (AvgIpc) is 2.79. The molecule has 2 rings (SSSR count). The van der Waals surface area contributed by atoms with Crippen molar-refractivity contribution in [1.29, 1.82) is 0 Å². The average molecular weight is 327 g/mol. The van der Waals surface area contributed by atoms with Gasteiger partial charge >= 0.3 is 0 Å². The van der Waals surface area contributed by atoms with Gasteiger partial charge in [0.1, 0.15) is 5.82 Å². The summed E-state index contributed by atoms with van der Waals surface area (Å²) in [5, 5.41) is 11.3. The Morgan fingerprint density at radius 2 is 2.19 bits per heavy atom. The molecule has 4 nitrogen and oxygen atoms in total. The fourth-order valence-electron chi connectivity index (χ4n) is 1.76. The van der Waals surface area contributed by atoms with Crippen LogP contribution in [0.1, 0.15) is 19.4 Å². The van der Waals surface area contributed by atoms with Gasteiger partial charge in [-0.15, -0.1) is 0 Å². The molecule has 0 fully saturated rings. The van der Waals surface area contributed by atoms with E-state index in [1.807, 2.05) is 19.9 Å². The Morgan fingerprint density at radius 1 is 1.43 bits per heavy atom. The van der Waals surface area contributed by atoms with Crippen molar-refractivity contribution in [3.8, 4) is 0 Å². The first-order valence-electron chi connectivity index (χ1n) is 6.49. The molecular formula is C14H16ClFN4S. The van der Waals surface area contributed by atoms with Crippen molar-refractivity contribution in [2.24, 2.45) is 0 Å². The molecule has 1 heterocycles. The van der Waals surface area contributed by atoms with Gasteiger partial charge in [0.15, 0.2) is 10.9 Å². The Hall–Kier alpha value is -1.66. The molecule has 1 aromatic heterocycles. The second-order valence-electron chi connectivity index (χ2n) is 4.89. The number of nitrogens with zero attached hydrogens (tertiary/aromatic N) is 2. The van der Waals surface area contributed by atoms with Gasteiger partial charge in [0, 0.05) is 23.3 Å². The van der Waals surface area contributed by atoms with Gasteiger partial charge in [-0.25, -0.2) is 4.39 Å². The van der Waals surface area contributed by atoms with Gasteiger partial charge < -0.3 is 10.6 Å². The normalized spacial score (nSPS) is 10.7. The van der Waals surface area contributed by atoms with Crippen LogP contribution in [0.5, 0.6) is 0 Å². The molecule has 21 heavy (non-hydrogen) atoms. The molecule has 0 saturated heterocycles. The summed E-state index contributed by atoms with van der Waals surface area (Å²) >= 11 is 11.2. The van der Waals surface area contributed by atoms with E-state index >= 15 is 0 Å². The quantitative estimate of drug-likeness (QED) is 0.845. The second-order valence-corrected chi connectivity index (χ2v) is 5.70. The maximum Gasteiger partial charge on any atom is 0.172 e. The number of thiocarbonyl (C=S) groups is 1. The fourth-order valence-corrected chi connectivity index (χ4v) is 2.32. The Labute approximate surface area is 133 Å². The minimum atomic E-state index is -0.350. The molecule has 0 atom stereocenters. The highest BCUT2D eigenvalue weighted by Crippen LogP contribution is 2.18. The number of halogens is 2. The summed E-state index contributed by atoms with van der Waals surface area (Å²) in [5.41, 5.74) is 0.801. The number of aromatic nitrogens is 2. The summed E-state index contributed by atoms with van der Waals surface area (Å²) in [6, 6.07) is 6.39. The molecule has 0 radical (unpaired) electrons. The fraction of sp³-hybridized carbons (Fsp3) is 0.286. The van der Waals surface area contributed by atoms with E-state index in [2.05, 4.69) is 15.7 Å². The molecule has 0 saturated carbocycles. The van der Waals surface area contributed by atoms with Crippen LogP contribution in [-0.4, -0.2) is 20.9 Å². The SMILES string of the molecule is CC(C)NC(=S)Nc1ccn(Cc2ccc(F)cc2Cl)n1. The summed E-state index contributed by atoms with van der Waals surface area (Å²) in [6.45, 7) is 4.47. The Kier molecular flexibility index (Phi) is 5.14. The topological polar surface area (TPSA) is 41.9 Å². The van der Waals surface area contributed by atoms with Crippen LogP contribution in [0.2, 0.25) is 5.02 Å². The van der Waals surface area contributed by atoms with Gasteiger partial charge in [0.2, 0.25) is 0 Å². The summed E-state index contributed by atoms with van der Waals surface area (Å²) in [4.78, 5) is 0. The van der Waals surface area contributed by atoms with Crippen molar-refractivity contribution in [1.82, 2.24) is 15.1 Å². The molecule has 0 bridgehead atoms. The first-order chi connectivity index (χ1) is 9.94. The van der Waals surface area contributed by atoms with Crippen LogP contribution in [0.3, 0.4) is 0 Å². The summed E-state index contributed by atoms with van der Waals surface area (Å²) in [6.07, 6.45) is 1.81. The molecule has 2 aromatic rings. The number of anilines is 1. The third-order valence-corrected chi connectivity index (χ3v) is 3.22. The predicted octanol–water partition coefficient (Wildman–Crippen LogP) is 3.42. The van der Waals surface area contributed by atoms with Crippen LogP contribution >= 0.6 is 23.8 Å². The third kappa shape index (κ3) is 4.68. The maximum absolute atomic E-state index is 13.0. The zero-order chi connectivity index (χ0) is 15.4. The molecule has 2 N–H and O–H groups in total. The minimum absolute atomic E-state index is 0.255. The lowest BCUT2D eigenvalue weighted by Crippen LogP contribution is -2.34. The molecular weight excluding hydrogens is 311 g/mol. The highest BCUT2D eigenvalue weighted by molar-refractivity contribution is 7.80. The maximum atomic E-state index is 13.0. The highest BCUT2D eigenvalue weighted by atomic mass is 35.5. The summed E-state index contributed by atoms with van der Waals surface area (Å²) < 4.78 is 14.7. The number of hydrogen-bond acceptors (Lipinski definition) is 2. The molecule has 112 valence electrons. The van der Waals surface area contributed by atoms with Crippen molar-refractivity contribution < 1.29 is 4.39 Å². The molecule has 0 spiro atoms. The molecule has 0 aliphatic rings. The summed E-state index contributed by atoms with van der Waals surface area (Å²) in [7, 11) is 0. The Balaban J connectivity index is 2.01. The van der Waals surface area contributed by atoms with Gasteiger partial charge in [0.05, 0.1) is 6.54 Å². The van der Waals surface area contributed by atoms with Crippen LogP contribution < -0.4 is 10.6 Å². The van der Waals surface area contributed by atoms with Gasteiger partial charge in [-0.1, -0.05) is 17.7 Å². The van der Waals surface area contributed by atoms with E-state index in [1.165, 1.54) is 12.1 Å². The molecule has 0 unspecified atom stereocenters. The largest absolute Gasteiger partial charge is 0.360 e. The standard InChI is InChI=1S/C14H16ClFN4S/c1-9(2)17-14(21)18-13-5-6-20(19-13)8-10-3-4-11(16)7-12(10)15/h3-7,9H,8H2,1-2H3,(H2,17,18,19,21). The predicted molar refractivity (Wildman–Crippen MR) is 87.2 cm³/mol. The molecule has 0 amide bonds. The second kappa shape index (κ2) is 6.87. The van der Waals surface area contributed by atoms with Crippen molar-refractivity contribution in [2.75, 3.05) is 5.32 Å². The molecule has 1 aromatic carbocycles. The van der Waals surface area contributed by atoms with Gasteiger partial charge in [-0.2, -0.15) is 5.10 Å². The van der Waals surface area contributed by atoms with Crippen LogP contribution in [-0.2, 0) is 6.54 Å². The lowest BCUT2D eigenvalue weighted by atomic mass is 10.2. The zero-order valence-electron chi connectivity index (χ0n) is 11.7. The lowest BCUT2D eigenvalue weighted by molar-refractivity contribution is 0.624. The van der Waals surface area contributed by atoms with Crippen molar-refractivity contribution in [3.05, 3.63) is 46.9 Å². The number of benzene rings is 1. The van der Waals surface area contributed by atoms with Crippen molar-refractivity contribution >= 4 is 34.7 Å². The van der Waals surface area contributed by atoms with Crippen molar-refractivity contribution in [3.63, 3.8) is 0 Å². The smallest absolute Gasteiger partial charge is 0.172 e. The van der Waals surface area contributed by atoms with Crippen LogP contribution in [0.15, 0.2) is 30.5 Å². The van der Waals surface area contributed by atoms with E-state index in [-0.39, 0.29) is 11.9 Å². The van der Waals surface area contributed by atoms with E-state index in [4.69, 9.17) is 23.8 Å². The number of rotatable bonds is 4. The van der Waals surface area contributed by atoms with Crippen molar-refractivity contribution in [2.45, 2.75) is 26.4 Å². The monoisotopic (exact) mass is 326 g/mol. The van der Waals surface area contributed by atoms with Crippen LogP contribution in [0.4, 0.5) is 10.2 Å². The first kappa shape index (κ1) is 15.7. The Bertz CT molecular complexity index is 642. The Morgan fingerprint density at radius 3 is 2.86 bits per heavy atom. The molecule has 0 aliphatic carbocycles. The minimum Gasteiger partial charge on any atom is -0.360 e. The van der Waals surface area contributed by atoms with Gasteiger partial charge in [0.25, 0.3) is 0 Å². The van der Waals surface area contributed by atoms with Gasteiger partial charge in [-0.05, 0) is 43.8 Å². The van der Waals surface area contributed by atoms with Crippen LogP contribution in [0.25, 0.3) is 0 Å². The van der Waals surface area contributed by atoms with E-state index in [0.29, 0.717) is 22.5 Å². The van der Waals surface area contributed by atoms with Crippen LogP contribution in [0, 0.1) is 5.82 Å². The zero-order valence-corrected chi connectivity index (χ0v) is 13.3.